The quantitative estimate of drug-likeness (QED) is 0.829. The zero-order chi connectivity index (χ0) is 12.6. The van der Waals surface area contributed by atoms with Crippen LogP contribution in [0.1, 0.15) is 12.8 Å². The minimum absolute atomic E-state index is 0.322. The van der Waals surface area contributed by atoms with Gasteiger partial charge in [0.15, 0.2) is 11.0 Å². The molecule has 2 aliphatic heterocycles. The Bertz CT molecular complexity index is 448. The van der Waals surface area contributed by atoms with Crippen molar-refractivity contribution in [1.29, 1.82) is 0 Å². The number of aromatic nitrogens is 2. The van der Waals surface area contributed by atoms with E-state index in [9.17, 15) is 0 Å². The van der Waals surface area contributed by atoms with Gasteiger partial charge in [0, 0.05) is 32.2 Å². The van der Waals surface area contributed by atoms with Gasteiger partial charge in [-0.05, 0) is 12.8 Å². The molecule has 1 aromatic rings. The third-order valence-corrected chi connectivity index (χ3v) is 4.24. The van der Waals surface area contributed by atoms with Crippen molar-refractivity contribution in [3.05, 3.63) is 11.5 Å². The van der Waals surface area contributed by atoms with Gasteiger partial charge >= 0.3 is 0 Å². The molecule has 1 N–H and O–H groups in total. The van der Waals surface area contributed by atoms with E-state index in [-0.39, 0.29) is 0 Å². The fourth-order valence-electron chi connectivity index (χ4n) is 2.90. The molecule has 3 heterocycles. The van der Waals surface area contributed by atoms with Crippen LogP contribution >= 0.6 is 11.6 Å². The lowest BCUT2D eigenvalue weighted by Crippen LogP contribution is -2.28. The second-order valence-electron chi connectivity index (χ2n) is 5.09. The summed E-state index contributed by atoms with van der Waals surface area (Å²) in [6.07, 6.45) is 3.84. The largest absolute Gasteiger partial charge is 0.383 e. The van der Waals surface area contributed by atoms with Crippen LogP contribution in [0.4, 0.5) is 11.5 Å². The summed E-state index contributed by atoms with van der Waals surface area (Å²) in [6.45, 7) is 3.76. The molecule has 0 aromatic carbocycles. The molecule has 3 rings (SSSR count). The van der Waals surface area contributed by atoms with Crippen LogP contribution in [0.2, 0.25) is 5.15 Å². The van der Waals surface area contributed by atoms with Gasteiger partial charge < -0.3 is 15.0 Å². The lowest BCUT2D eigenvalue weighted by Gasteiger charge is -2.24. The minimum Gasteiger partial charge on any atom is -0.383 e. The summed E-state index contributed by atoms with van der Waals surface area (Å²) in [5, 5.41) is 3.57. The maximum atomic E-state index is 6.09. The first-order valence-electron chi connectivity index (χ1n) is 6.25. The van der Waals surface area contributed by atoms with E-state index in [1.54, 1.807) is 0 Å². The summed E-state index contributed by atoms with van der Waals surface area (Å²) in [5.41, 5.74) is 1.14. The molecule has 1 aromatic heterocycles. The SMILES string of the molecule is CNc1c(Cl)ncnc1N1CCC2(CCOC2)C1. The lowest BCUT2D eigenvalue weighted by atomic mass is 9.87. The molecule has 2 aliphatic rings. The van der Waals surface area contributed by atoms with E-state index in [2.05, 4.69) is 20.2 Å². The number of rotatable bonds is 2. The first-order chi connectivity index (χ1) is 8.74. The normalized spacial score (nSPS) is 27.1. The molecule has 5 nitrogen and oxygen atoms in total. The Morgan fingerprint density at radius 1 is 1.44 bits per heavy atom. The zero-order valence-corrected chi connectivity index (χ0v) is 11.2. The molecule has 98 valence electrons. The number of nitrogens with one attached hydrogen (secondary N) is 1. The monoisotopic (exact) mass is 268 g/mol. The number of halogens is 1. The Kier molecular flexibility index (Phi) is 3.03. The van der Waals surface area contributed by atoms with E-state index >= 15 is 0 Å². The summed E-state index contributed by atoms with van der Waals surface area (Å²) in [7, 11) is 1.85. The molecule has 0 amide bonds. The van der Waals surface area contributed by atoms with Crippen LogP contribution in [0.3, 0.4) is 0 Å². The van der Waals surface area contributed by atoms with Gasteiger partial charge in [-0.25, -0.2) is 9.97 Å². The number of nitrogens with zero attached hydrogens (tertiary/aromatic N) is 3. The van der Waals surface area contributed by atoms with Gasteiger partial charge in [0.1, 0.15) is 12.0 Å². The molecule has 0 radical (unpaired) electrons. The van der Waals surface area contributed by atoms with Crippen molar-refractivity contribution in [3.63, 3.8) is 0 Å². The summed E-state index contributed by atoms with van der Waals surface area (Å²) in [6, 6.07) is 0. The Balaban J connectivity index is 1.86. The maximum Gasteiger partial charge on any atom is 0.157 e. The average molecular weight is 269 g/mol. The number of hydrogen-bond acceptors (Lipinski definition) is 5. The van der Waals surface area contributed by atoms with Crippen LogP contribution in [0.5, 0.6) is 0 Å². The number of anilines is 2. The molecule has 0 bridgehead atoms. The van der Waals surface area contributed by atoms with Gasteiger partial charge in [0.05, 0.1) is 6.61 Å². The predicted octanol–water partition coefficient (Wildman–Crippen LogP) is 1.79. The van der Waals surface area contributed by atoms with Crippen molar-refractivity contribution >= 4 is 23.1 Å². The highest BCUT2D eigenvalue weighted by Crippen LogP contribution is 2.41. The van der Waals surface area contributed by atoms with Crippen molar-refractivity contribution in [1.82, 2.24) is 9.97 Å². The van der Waals surface area contributed by atoms with E-state index in [1.807, 2.05) is 7.05 Å². The molecule has 2 saturated heterocycles. The van der Waals surface area contributed by atoms with Crippen molar-refractivity contribution in [2.24, 2.45) is 5.41 Å². The van der Waals surface area contributed by atoms with Gasteiger partial charge in [0.25, 0.3) is 0 Å². The highest BCUT2D eigenvalue weighted by Gasteiger charge is 2.42. The molecule has 2 fully saturated rings. The van der Waals surface area contributed by atoms with Crippen LogP contribution in [0.15, 0.2) is 6.33 Å². The Labute approximate surface area is 112 Å². The minimum atomic E-state index is 0.322. The van der Waals surface area contributed by atoms with Gasteiger partial charge in [-0.2, -0.15) is 0 Å². The van der Waals surface area contributed by atoms with E-state index in [0.717, 1.165) is 50.7 Å². The van der Waals surface area contributed by atoms with Crippen LogP contribution in [0.25, 0.3) is 0 Å². The fraction of sp³-hybridized carbons (Fsp3) is 0.667. The fourth-order valence-corrected chi connectivity index (χ4v) is 3.12. The van der Waals surface area contributed by atoms with Crippen molar-refractivity contribution in [3.8, 4) is 0 Å². The molecule has 1 spiro atoms. The van der Waals surface area contributed by atoms with Gasteiger partial charge in [-0.15, -0.1) is 0 Å². The van der Waals surface area contributed by atoms with E-state index in [1.165, 1.54) is 6.33 Å². The van der Waals surface area contributed by atoms with Crippen molar-refractivity contribution < 1.29 is 4.74 Å². The highest BCUT2D eigenvalue weighted by molar-refractivity contribution is 6.32. The smallest absolute Gasteiger partial charge is 0.157 e. The van der Waals surface area contributed by atoms with Crippen LogP contribution < -0.4 is 10.2 Å². The van der Waals surface area contributed by atoms with E-state index in [0.29, 0.717) is 10.6 Å². The van der Waals surface area contributed by atoms with Crippen LogP contribution in [0, 0.1) is 5.41 Å². The van der Waals surface area contributed by atoms with Gasteiger partial charge in [-0.1, -0.05) is 11.6 Å². The third kappa shape index (κ3) is 1.91. The lowest BCUT2D eigenvalue weighted by molar-refractivity contribution is 0.160. The number of hydrogen-bond donors (Lipinski definition) is 1. The molecule has 0 saturated carbocycles. The third-order valence-electron chi connectivity index (χ3n) is 3.95. The van der Waals surface area contributed by atoms with Crippen LogP contribution in [-0.2, 0) is 4.74 Å². The van der Waals surface area contributed by atoms with Gasteiger partial charge in [0.2, 0.25) is 0 Å². The first kappa shape index (κ1) is 12.0. The topological polar surface area (TPSA) is 50.3 Å². The van der Waals surface area contributed by atoms with Crippen molar-refractivity contribution in [2.75, 3.05) is 43.6 Å². The second-order valence-corrected chi connectivity index (χ2v) is 5.45. The highest BCUT2D eigenvalue weighted by atomic mass is 35.5. The second kappa shape index (κ2) is 4.55. The zero-order valence-electron chi connectivity index (χ0n) is 10.4. The Hall–Kier alpha value is -1.07. The molecule has 6 heteroatoms. The average Bonchev–Trinajstić information content (AvgIpc) is 3.00. The summed E-state index contributed by atoms with van der Waals surface area (Å²) >= 11 is 6.09. The Morgan fingerprint density at radius 3 is 3.06 bits per heavy atom. The summed E-state index contributed by atoms with van der Waals surface area (Å²) in [4.78, 5) is 10.7. The predicted molar refractivity (Wildman–Crippen MR) is 71.3 cm³/mol. The van der Waals surface area contributed by atoms with E-state index in [4.69, 9.17) is 16.3 Å². The molecular formula is C12H17ClN4O. The van der Waals surface area contributed by atoms with E-state index < -0.39 is 0 Å². The summed E-state index contributed by atoms with van der Waals surface area (Å²) < 4.78 is 5.55. The van der Waals surface area contributed by atoms with Crippen molar-refractivity contribution in [2.45, 2.75) is 12.8 Å². The summed E-state index contributed by atoms with van der Waals surface area (Å²) in [5.74, 6) is 0.904. The maximum absolute atomic E-state index is 6.09. The van der Waals surface area contributed by atoms with Gasteiger partial charge in [-0.3, -0.25) is 0 Å². The van der Waals surface area contributed by atoms with Crippen LogP contribution in [-0.4, -0.2) is 43.3 Å². The molecule has 18 heavy (non-hydrogen) atoms. The molecule has 0 aliphatic carbocycles. The molecular weight excluding hydrogens is 252 g/mol. The Morgan fingerprint density at radius 2 is 2.33 bits per heavy atom. The first-order valence-corrected chi connectivity index (χ1v) is 6.63. The molecule has 1 atom stereocenters. The molecule has 1 unspecified atom stereocenters. The number of ether oxygens (including phenoxy) is 1. The standard InChI is InChI=1S/C12H17ClN4O/c1-14-9-10(13)15-8-16-11(9)17-4-2-12(6-17)3-5-18-7-12/h8,14H,2-7H2,1H3.